The Morgan fingerprint density at radius 3 is 2.26 bits per heavy atom. The second kappa shape index (κ2) is 5.54. The van der Waals surface area contributed by atoms with Crippen LogP contribution in [0.4, 0.5) is 4.39 Å². The molecule has 0 saturated carbocycles. The Morgan fingerprint density at radius 1 is 1.11 bits per heavy atom. The van der Waals surface area contributed by atoms with Crippen LogP contribution in [-0.4, -0.2) is 5.78 Å². The highest BCUT2D eigenvalue weighted by Gasteiger charge is 2.16. The lowest BCUT2D eigenvalue weighted by atomic mass is 9.95. The van der Waals surface area contributed by atoms with Gasteiger partial charge in [0.1, 0.15) is 5.82 Å². The lowest BCUT2D eigenvalue weighted by Crippen LogP contribution is -2.09. The van der Waals surface area contributed by atoms with Gasteiger partial charge >= 0.3 is 0 Å². The van der Waals surface area contributed by atoms with E-state index in [1.165, 1.54) is 12.1 Å². The summed E-state index contributed by atoms with van der Waals surface area (Å²) in [7, 11) is 0. The molecule has 0 aromatic heterocycles. The second-order valence-electron chi connectivity index (χ2n) is 4.57. The molecular weight excluding hydrogens is 263 g/mol. The number of rotatable bonds is 3. The normalized spacial score (nSPS) is 10.5. The van der Waals surface area contributed by atoms with Crippen LogP contribution < -0.4 is 0 Å². The van der Waals surface area contributed by atoms with Crippen molar-refractivity contribution in [1.29, 1.82) is 0 Å². The Kier molecular flexibility index (Phi) is 4.01. The van der Waals surface area contributed by atoms with Crippen molar-refractivity contribution in [2.75, 3.05) is 0 Å². The number of ketones is 1. The largest absolute Gasteiger partial charge is 0.294 e. The molecule has 3 heteroatoms. The first-order valence-corrected chi connectivity index (χ1v) is 6.41. The van der Waals surface area contributed by atoms with E-state index in [2.05, 4.69) is 0 Å². The molecule has 0 radical (unpaired) electrons. The zero-order valence-corrected chi connectivity index (χ0v) is 11.6. The minimum atomic E-state index is -0.438. The van der Waals surface area contributed by atoms with E-state index in [4.69, 9.17) is 11.6 Å². The third-order valence-electron chi connectivity index (χ3n) is 3.16. The van der Waals surface area contributed by atoms with Crippen molar-refractivity contribution in [3.63, 3.8) is 0 Å². The number of Topliss-reactive ketones (excluding diaryl/α,β-unsaturated/α-hetero) is 1. The lowest BCUT2D eigenvalue weighted by molar-refractivity contribution is 0.0990. The molecule has 0 atom stereocenters. The van der Waals surface area contributed by atoms with Gasteiger partial charge in [0.2, 0.25) is 0 Å². The van der Waals surface area contributed by atoms with E-state index in [-0.39, 0.29) is 17.8 Å². The molecule has 0 amide bonds. The molecule has 0 N–H and O–H groups in total. The van der Waals surface area contributed by atoms with E-state index < -0.39 is 5.82 Å². The third kappa shape index (κ3) is 2.85. The van der Waals surface area contributed by atoms with E-state index in [1.807, 2.05) is 32.0 Å². The zero-order valence-electron chi connectivity index (χ0n) is 10.8. The SMILES string of the molecule is Cc1cccc(C)c1C(=O)Cc1c(F)cccc1Cl. The number of carbonyl (C=O) groups excluding carboxylic acids is 1. The van der Waals surface area contributed by atoms with Crippen molar-refractivity contribution in [2.24, 2.45) is 0 Å². The van der Waals surface area contributed by atoms with Crippen LogP contribution in [0.1, 0.15) is 27.0 Å². The molecule has 0 spiro atoms. The Labute approximate surface area is 117 Å². The highest BCUT2D eigenvalue weighted by atomic mass is 35.5. The van der Waals surface area contributed by atoms with Gasteiger partial charge in [-0.05, 0) is 37.1 Å². The summed E-state index contributed by atoms with van der Waals surface area (Å²) < 4.78 is 13.7. The van der Waals surface area contributed by atoms with Crippen LogP contribution in [0.2, 0.25) is 5.02 Å². The Balaban J connectivity index is 2.37. The maximum atomic E-state index is 13.7. The molecule has 2 aromatic rings. The predicted octanol–water partition coefficient (Wildman–Crippen LogP) is 4.52. The number of halogens is 2. The monoisotopic (exact) mass is 276 g/mol. The molecule has 0 aliphatic rings. The fourth-order valence-corrected chi connectivity index (χ4v) is 2.43. The topological polar surface area (TPSA) is 17.1 Å². The quantitative estimate of drug-likeness (QED) is 0.753. The van der Waals surface area contributed by atoms with Gasteiger partial charge in [0, 0.05) is 22.6 Å². The Hall–Kier alpha value is -1.67. The molecule has 19 heavy (non-hydrogen) atoms. The molecule has 0 heterocycles. The van der Waals surface area contributed by atoms with Crippen LogP contribution in [0, 0.1) is 19.7 Å². The van der Waals surface area contributed by atoms with Crippen molar-refractivity contribution >= 4 is 17.4 Å². The van der Waals surface area contributed by atoms with Crippen LogP contribution in [0.5, 0.6) is 0 Å². The Morgan fingerprint density at radius 2 is 1.68 bits per heavy atom. The van der Waals surface area contributed by atoms with Gasteiger partial charge in [0.25, 0.3) is 0 Å². The first-order chi connectivity index (χ1) is 9.00. The first kappa shape index (κ1) is 13.8. The van der Waals surface area contributed by atoms with Crippen LogP contribution in [-0.2, 0) is 6.42 Å². The molecule has 0 fully saturated rings. The highest BCUT2D eigenvalue weighted by Crippen LogP contribution is 2.23. The number of carbonyl (C=O) groups is 1. The molecule has 0 aliphatic heterocycles. The van der Waals surface area contributed by atoms with Crippen molar-refractivity contribution in [1.82, 2.24) is 0 Å². The van der Waals surface area contributed by atoms with Crippen molar-refractivity contribution in [2.45, 2.75) is 20.3 Å². The van der Waals surface area contributed by atoms with Crippen LogP contribution >= 0.6 is 11.6 Å². The minimum Gasteiger partial charge on any atom is -0.294 e. The molecule has 1 nitrogen and oxygen atoms in total. The van der Waals surface area contributed by atoms with Gasteiger partial charge in [-0.15, -0.1) is 0 Å². The zero-order chi connectivity index (χ0) is 14.0. The summed E-state index contributed by atoms with van der Waals surface area (Å²) in [4.78, 5) is 12.3. The van der Waals surface area contributed by atoms with E-state index in [1.54, 1.807) is 6.07 Å². The fraction of sp³-hybridized carbons (Fsp3) is 0.188. The number of hydrogen-bond donors (Lipinski definition) is 0. The molecule has 0 unspecified atom stereocenters. The van der Waals surface area contributed by atoms with Crippen molar-refractivity contribution in [3.05, 3.63) is 69.5 Å². The van der Waals surface area contributed by atoms with E-state index in [0.29, 0.717) is 10.6 Å². The molecule has 0 bridgehead atoms. The van der Waals surface area contributed by atoms with Gasteiger partial charge in [-0.25, -0.2) is 4.39 Å². The summed E-state index contributed by atoms with van der Waals surface area (Å²) in [5, 5.41) is 0.291. The van der Waals surface area contributed by atoms with Gasteiger partial charge in [-0.1, -0.05) is 35.9 Å². The van der Waals surface area contributed by atoms with E-state index >= 15 is 0 Å². The van der Waals surface area contributed by atoms with Crippen LogP contribution in [0.25, 0.3) is 0 Å². The van der Waals surface area contributed by atoms with Gasteiger partial charge in [0.15, 0.2) is 5.78 Å². The maximum Gasteiger partial charge on any atom is 0.167 e. The molecule has 98 valence electrons. The molecule has 2 rings (SSSR count). The number of hydrogen-bond acceptors (Lipinski definition) is 1. The average molecular weight is 277 g/mol. The predicted molar refractivity (Wildman–Crippen MR) is 75.4 cm³/mol. The van der Waals surface area contributed by atoms with E-state index in [0.717, 1.165) is 11.1 Å². The summed E-state index contributed by atoms with van der Waals surface area (Å²) in [6, 6.07) is 10.1. The summed E-state index contributed by atoms with van der Waals surface area (Å²) in [5.74, 6) is -0.547. The van der Waals surface area contributed by atoms with Gasteiger partial charge in [-0.3, -0.25) is 4.79 Å². The van der Waals surface area contributed by atoms with Gasteiger partial charge in [-0.2, -0.15) is 0 Å². The minimum absolute atomic E-state index is 0.0167. The Bertz CT molecular complexity index is 594. The van der Waals surface area contributed by atoms with Crippen molar-refractivity contribution in [3.8, 4) is 0 Å². The smallest absolute Gasteiger partial charge is 0.167 e. The highest BCUT2D eigenvalue weighted by molar-refractivity contribution is 6.31. The summed E-state index contributed by atoms with van der Waals surface area (Å²) in [5.41, 5.74) is 2.72. The molecule has 0 aliphatic carbocycles. The number of aryl methyl sites for hydroxylation is 2. The lowest BCUT2D eigenvalue weighted by Gasteiger charge is -2.10. The van der Waals surface area contributed by atoms with E-state index in [9.17, 15) is 9.18 Å². The molecular formula is C16H14ClFO. The van der Waals surface area contributed by atoms with Crippen molar-refractivity contribution < 1.29 is 9.18 Å². The van der Waals surface area contributed by atoms with Gasteiger partial charge < -0.3 is 0 Å². The van der Waals surface area contributed by atoms with Crippen LogP contribution in [0.3, 0.4) is 0 Å². The van der Waals surface area contributed by atoms with Gasteiger partial charge in [0.05, 0.1) is 0 Å². The molecule has 0 saturated heterocycles. The first-order valence-electron chi connectivity index (χ1n) is 6.03. The molecule has 2 aromatic carbocycles. The summed E-state index contributed by atoms with van der Waals surface area (Å²) in [6.45, 7) is 3.76. The average Bonchev–Trinajstić information content (AvgIpc) is 2.34. The number of benzene rings is 2. The second-order valence-corrected chi connectivity index (χ2v) is 4.97. The fourth-order valence-electron chi connectivity index (χ4n) is 2.20. The standard InChI is InChI=1S/C16H14ClFO/c1-10-5-3-6-11(2)16(10)15(19)9-12-13(17)7-4-8-14(12)18/h3-8H,9H2,1-2H3. The maximum absolute atomic E-state index is 13.7. The van der Waals surface area contributed by atoms with Crippen LogP contribution in [0.15, 0.2) is 36.4 Å². The third-order valence-corrected chi connectivity index (χ3v) is 3.51. The summed E-state index contributed by atoms with van der Waals surface area (Å²) >= 11 is 5.95. The summed E-state index contributed by atoms with van der Waals surface area (Å²) in [6.07, 6.45) is -0.0167.